The lowest BCUT2D eigenvalue weighted by Crippen LogP contribution is -2.37. The van der Waals surface area contributed by atoms with Gasteiger partial charge in [-0.2, -0.15) is 9.40 Å². The molecule has 2 saturated heterocycles. The number of carbonyl (C=O) groups is 1. The van der Waals surface area contributed by atoms with Crippen molar-refractivity contribution in [1.29, 1.82) is 0 Å². The maximum Gasteiger partial charge on any atom is 0.257 e. The van der Waals surface area contributed by atoms with Gasteiger partial charge in [0.2, 0.25) is 10.0 Å². The molecule has 0 radical (unpaired) electrons. The van der Waals surface area contributed by atoms with Gasteiger partial charge in [-0.05, 0) is 79.3 Å². The van der Waals surface area contributed by atoms with Gasteiger partial charge in [-0.15, -0.1) is 0 Å². The number of likely N-dealkylation sites (tertiary alicyclic amines) is 1. The van der Waals surface area contributed by atoms with E-state index in [4.69, 9.17) is 0 Å². The number of carbonyl (C=O) groups excluding carboxylic acids is 1. The molecular weight excluding hydrogens is 460 g/mol. The summed E-state index contributed by atoms with van der Waals surface area (Å²) in [5.41, 5.74) is 3.76. The van der Waals surface area contributed by atoms with Gasteiger partial charge in [0.25, 0.3) is 5.91 Å². The van der Waals surface area contributed by atoms with Crippen LogP contribution in [0.25, 0.3) is 5.52 Å². The quantitative estimate of drug-likeness (QED) is 0.517. The van der Waals surface area contributed by atoms with Crippen LogP contribution in [-0.4, -0.2) is 59.3 Å². The Bertz CT molecular complexity index is 1300. The van der Waals surface area contributed by atoms with Gasteiger partial charge in [-0.25, -0.2) is 12.9 Å². The fraction of sp³-hybridized carbons (Fsp3) is 0.481. The third-order valence-corrected chi connectivity index (χ3v) is 9.44. The molecule has 35 heavy (non-hydrogen) atoms. The van der Waals surface area contributed by atoms with Gasteiger partial charge >= 0.3 is 0 Å². The van der Waals surface area contributed by atoms with E-state index < -0.39 is 10.0 Å². The Kier molecular flexibility index (Phi) is 6.68. The molecular formula is C27H34N4O3S. The van der Waals surface area contributed by atoms with Crippen LogP contribution in [0.15, 0.2) is 53.7 Å². The number of nitrogens with zero attached hydrogens (tertiary/aromatic N) is 4. The fourth-order valence-corrected chi connectivity index (χ4v) is 6.76. The highest BCUT2D eigenvalue weighted by Gasteiger charge is 2.30. The lowest BCUT2D eigenvalue weighted by Gasteiger charge is -2.31. The molecule has 0 unspecified atom stereocenters. The van der Waals surface area contributed by atoms with Crippen LogP contribution in [0, 0.1) is 0 Å². The molecule has 0 N–H and O–H groups in total. The Hall–Kier alpha value is -2.71. The lowest BCUT2D eigenvalue weighted by atomic mass is 9.90. The summed E-state index contributed by atoms with van der Waals surface area (Å²) < 4.78 is 29.8. The van der Waals surface area contributed by atoms with Crippen molar-refractivity contribution in [2.24, 2.45) is 0 Å². The van der Waals surface area contributed by atoms with Crippen LogP contribution in [0.2, 0.25) is 0 Å². The minimum Gasteiger partial charge on any atom is -0.339 e. The SMILES string of the molecule is CC(C)c1ccc(S(=O)(=O)N2CCC(c3ccn4ncc(C(=O)N5CCCCC5)c4c3)CC2)cc1. The number of hydrogen-bond donors (Lipinski definition) is 0. The first-order valence-electron chi connectivity index (χ1n) is 12.7. The van der Waals surface area contributed by atoms with E-state index in [0.717, 1.165) is 55.4 Å². The number of sulfonamides is 1. The van der Waals surface area contributed by atoms with Crippen LogP contribution in [-0.2, 0) is 10.0 Å². The molecule has 2 aliphatic heterocycles. The molecule has 0 bridgehead atoms. The van der Waals surface area contributed by atoms with E-state index in [1.807, 2.05) is 23.2 Å². The predicted molar refractivity (Wildman–Crippen MR) is 136 cm³/mol. The van der Waals surface area contributed by atoms with Crippen LogP contribution >= 0.6 is 0 Å². The topological polar surface area (TPSA) is 75.0 Å². The number of amides is 1. The maximum absolute atomic E-state index is 13.2. The minimum absolute atomic E-state index is 0.0567. The highest BCUT2D eigenvalue weighted by Crippen LogP contribution is 2.32. The number of rotatable bonds is 5. The Balaban J connectivity index is 1.30. The standard InChI is InChI=1S/C27H34N4O3S/c1-20(2)21-6-8-24(9-7-21)35(33,34)30-15-10-22(11-16-30)23-12-17-31-26(18-23)25(19-28-31)27(32)29-13-4-3-5-14-29/h6-9,12,17-20,22H,3-5,10-11,13-16H2,1-2H3. The van der Waals surface area contributed by atoms with Gasteiger partial charge in [-0.1, -0.05) is 26.0 Å². The number of hydrogen-bond acceptors (Lipinski definition) is 4. The molecule has 0 aliphatic carbocycles. The molecule has 2 aromatic heterocycles. The van der Waals surface area contributed by atoms with Crippen LogP contribution in [0.3, 0.4) is 0 Å². The van der Waals surface area contributed by atoms with Crippen LogP contribution in [0.1, 0.15) is 79.3 Å². The Morgan fingerprint density at radius 1 is 0.971 bits per heavy atom. The van der Waals surface area contributed by atoms with Gasteiger partial charge in [0.1, 0.15) is 0 Å². The fourth-order valence-electron chi connectivity index (χ4n) is 5.29. The zero-order valence-corrected chi connectivity index (χ0v) is 21.4. The zero-order chi connectivity index (χ0) is 24.6. The molecule has 1 aromatic carbocycles. The molecule has 7 nitrogen and oxygen atoms in total. The average molecular weight is 495 g/mol. The number of benzene rings is 1. The van der Waals surface area contributed by atoms with Crippen molar-refractivity contribution in [2.75, 3.05) is 26.2 Å². The van der Waals surface area contributed by atoms with Crippen molar-refractivity contribution in [2.45, 2.75) is 62.7 Å². The number of fused-ring (bicyclic) bond motifs is 1. The second-order valence-corrected chi connectivity index (χ2v) is 12.0. The third kappa shape index (κ3) is 4.74. The van der Waals surface area contributed by atoms with Gasteiger partial charge < -0.3 is 4.90 Å². The molecule has 2 fully saturated rings. The maximum atomic E-state index is 13.2. The molecule has 0 atom stereocenters. The van der Waals surface area contributed by atoms with Gasteiger partial charge in [0, 0.05) is 32.4 Å². The molecule has 8 heteroatoms. The van der Waals surface area contributed by atoms with Crippen LogP contribution < -0.4 is 0 Å². The van der Waals surface area contributed by atoms with Gasteiger partial charge in [0.15, 0.2) is 0 Å². The summed E-state index contributed by atoms with van der Waals surface area (Å²) in [5, 5.41) is 4.40. The van der Waals surface area contributed by atoms with E-state index in [9.17, 15) is 13.2 Å². The number of pyridine rings is 1. The van der Waals surface area contributed by atoms with E-state index in [2.05, 4.69) is 31.1 Å². The molecule has 2 aliphatic rings. The highest BCUT2D eigenvalue weighted by molar-refractivity contribution is 7.89. The molecule has 3 aromatic rings. The van der Waals surface area contributed by atoms with E-state index >= 15 is 0 Å². The highest BCUT2D eigenvalue weighted by atomic mass is 32.2. The van der Waals surface area contributed by atoms with Crippen molar-refractivity contribution < 1.29 is 13.2 Å². The second-order valence-electron chi connectivity index (χ2n) is 10.1. The first kappa shape index (κ1) is 24.0. The Labute approximate surface area is 207 Å². The van der Waals surface area contributed by atoms with Gasteiger partial charge in [-0.3, -0.25) is 4.79 Å². The molecule has 0 spiro atoms. The summed E-state index contributed by atoms with van der Waals surface area (Å²) in [4.78, 5) is 15.4. The molecule has 4 heterocycles. The summed E-state index contributed by atoms with van der Waals surface area (Å²) in [6, 6.07) is 11.4. The van der Waals surface area contributed by atoms with E-state index in [-0.39, 0.29) is 11.8 Å². The van der Waals surface area contributed by atoms with Crippen molar-refractivity contribution in [3.05, 3.63) is 65.5 Å². The summed E-state index contributed by atoms with van der Waals surface area (Å²) in [6.07, 6.45) is 8.39. The zero-order valence-electron chi connectivity index (χ0n) is 20.6. The first-order chi connectivity index (χ1) is 16.8. The second kappa shape index (κ2) is 9.74. The van der Waals surface area contributed by atoms with Crippen molar-refractivity contribution in [3.63, 3.8) is 0 Å². The summed E-state index contributed by atoms with van der Waals surface area (Å²) >= 11 is 0. The molecule has 1 amide bonds. The smallest absolute Gasteiger partial charge is 0.257 e. The van der Waals surface area contributed by atoms with E-state index in [1.165, 1.54) is 6.42 Å². The minimum atomic E-state index is -3.50. The normalized spacial score (nSPS) is 18.4. The number of aromatic nitrogens is 2. The largest absolute Gasteiger partial charge is 0.339 e. The van der Waals surface area contributed by atoms with E-state index in [1.54, 1.807) is 27.2 Å². The van der Waals surface area contributed by atoms with Gasteiger partial charge in [0.05, 0.1) is 22.2 Å². The van der Waals surface area contributed by atoms with Crippen molar-refractivity contribution in [3.8, 4) is 0 Å². The number of piperidine rings is 2. The van der Waals surface area contributed by atoms with Crippen LogP contribution in [0.4, 0.5) is 0 Å². The molecule has 5 rings (SSSR count). The van der Waals surface area contributed by atoms with Crippen LogP contribution in [0.5, 0.6) is 0 Å². The lowest BCUT2D eigenvalue weighted by molar-refractivity contribution is 0.0726. The van der Waals surface area contributed by atoms with Crippen molar-refractivity contribution >= 4 is 21.4 Å². The summed E-state index contributed by atoms with van der Waals surface area (Å²) in [6.45, 7) is 6.79. The predicted octanol–water partition coefficient (Wildman–Crippen LogP) is 4.65. The van der Waals surface area contributed by atoms with Crippen molar-refractivity contribution in [1.82, 2.24) is 18.8 Å². The monoisotopic (exact) mass is 494 g/mol. The summed E-state index contributed by atoms with van der Waals surface area (Å²) in [7, 11) is -3.50. The summed E-state index contributed by atoms with van der Waals surface area (Å²) in [5.74, 6) is 0.676. The Morgan fingerprint density at radius 3 is 2.31 bits per heavy atom. The Morgan fingerprint density at radius 2 is 1.66 bits per heavy atom. The first-order valence-corrected chi connectivity index (χ1v) is 14.2. The molecule has 0 saturated carbocycles. The molecule has 186 valence electrons. The average Bonchev–Trinajstić information content (AvgIpc) is 3.32. The van der Waals surface area contributed by atoms with E-state index in [0.29, 0.717) is 29.5 Å². The third-order valence-electron chi connectivity index (χ3n) is 7.53.